The summed E-state index contributed by atoms with van der Waals surface area (Å²) >= 11 is 0. The standard InChI is InChI=1S/C15H15N5O2/c21-15-6-13(16-11-17-15)7-20-8-14(18-19-20)10-22-9-12-4-2-1-3-5-12/h1-6,8,11H,7,9-10H2,(H,16,17,21). The van der Waals surface area contributed by atoms with Crippen molar-refractivity contribution in [1.82, 2.24) is 25.0 Å². The van der Waals surface area contributed by atoms with E-state index in [-0.39, 0.29) is 5.56 Å². The van der Waals surface area contributed by atoms with Gasteiger partial charge >= 0.3 is 0 Å². The van der Waals surface area contributed by atoms with E-state index in [9.17, 15) is 4.79 Å². The minimum atomic E-state index is -0.184. The molecule has 0 bridgehead atoms. The molecule has 3 aromatic rings. The van der Waals surface area contributed by atoms with E-state index >= 15 is 0 Å². The molecule has 3 rings (SSSR count). The number of ether oxygens (including phenoxy) is 1. The van der Waals surface area contributed by atoms with E-state index in [1.807, 2.05) is 30.3 Å². The molecule has 0 aliphatic carbocycles. The summed E-state index contributed by atoms with van der Waals surface area (Å²) in [5, 5.41) is 8.04. The Balaban J connectivity index is 1.54. The largest absolute Gasteiger partial charge is 0.370 e. The lowest BCUT2D eigenvalue weighted by atomic mass is 10.2. The van der Waals surface area contributed by atoms with Crippen LogP contribution in [0.4, 0.5) is 0 Å². The molecule has 2 aromatic heterocycles. The van der Waals surface area contributed by atoms with Crippen LogP contribution in [0.25, 0.3) is 0 Å². The fourth-order valence-corrected chi connectivity index (χ4v) is 1.99. The summed E-state index contributed by atoms with van der Waals surface area (Å²) in [6, 6.07) is 11.4. The maximum atomic E-state index is 11.2. The van der Waals surface area contributed by atoms with Crippen molar-refractivity contribution in [1.29, 1.82) is 0 Å². The molecule has 0 unspecified atom stereocenters. The predicted octanol–water partition coefficient (Wildman–Crippen LogP) is 1.13. The van der Waals surface area contributed by atoms with Crippen LogP contribution >= 0.6 is 0 Å². The number of benzene rings is 1. The van der Waals surface area contributed by atoms with Crippen LogP contribution in [0.15, 0.2) is 53.7 Å². The molecule has 7 nitrogen and oxygen atoms in total. The third-order valence-corrected chi connectivity index (χ3v) is 3.01. The van der Waals surface area contributed by atoms with Crippen molar-refractivity contribution < 1.29 is 4.74 Å². The van der Waals surface area contributed by atoms with Crippen molar-refractivity contribution in [3.05, 3.63) is 76.2 Å². The van der Waals surface area contributed by atoms with Gasteiger partial charge < -0.3 is 9.72 Å². The maximum Gasteiger partial charge on any atom is 0.250 e. The zero-order valence-electron chi connectivity index (χ0n) is 11.8. The Morgan fingerprint density at radius 3 is 2.82 bits per heavy atom. The van der Waals surface area contributed by atoms with Gasteiger partial charge in [0.05, 0.1) is 38.0 Å². The van der Waals surface area contributed by atoms with Crippen LogP contribution in [0.3, 0.4) is 0 Å². The predicted molar refractivity (Wildman–Crippen MR) is 78.9 cm³/mol. The smallest absolute Gasteiger partial charge is 0.250 e. The molecule has 0 saturated heterocycles. The SMILES string of the molecule is O=c1cc(Cn2cc(COCc3ccccc3)nn2)nc[nH]1. The Morgan fingerprint density at radius 1 is 1.14 bits per heavy atom. The molecule has 1 aromatic carbocycles. The monoisotopic (exact) mass is 297 g/mol. The Labute approximate surface area is 126 Å². The van der Waals surface area contributed by atoms with Crippen molar-refractivity contribution in [3.8, 4) is 0 Å². The summed E-state index contributed by atoms with van der Waals surface area (Å²) < 4.78 is 7.23. The fraction of sp³-hybridized carbons (Fsp3) is 0.200. The van der Waals surface area contributed by atoms with Gasteiger partial charge in [0.1, 0.15) is 5.69 Å². The third-order valence-electron chi connectivity index (χ3n) is 3.01. The summed E-state index contributed by atoms with van der Waals surface area (Å²) in [5.74, 6) is 0. The molecule has 0 saturated carbocycles. The summed E-state index contributed by atoms with van der Waals surface area (Å²) in [5.41, 5.74) is 2.30. The van der Waals surface area contributed by atoms with Gasteiger partial charge in [0.2, 0.25) is 0 Å². The lowest BCUT2D eigenvalue weighted by molar-refractivity contribution is 0.104. The molecule has 0 atom stereocenters. The summed E-state index contributed by atoms with van der Waals surface area (Å²) in [6.45, 7) is 1.32. The second-order valence-electron chi connectivity index (χ2n) is 4.79. The molecule has 0 fully saturated rings. The highest BCUT2D eigenvalue weighted by Crippen LogP contribution is 2.04. The van der Waals surface area contributed by atoms with Gasteiger partial charge in [0, 0.05) is 6.07 Å². The number of hydrogen-bond acceptors (Lipinski definition) is 5. The number of H-pyrrole nitrogens is 1. The molecule has 112 valence electrons. The van der Waals surface area contributed by atoms with E-state index in [0.29, 0.717) is 25.5 Å². The number of aromatic nitrogens is 5. The van der Waals surface area contributed by atoms with Gasteiger partial charge in [-0.15, -0.1) is 5.10 Å². The van der Waals surface area contributed by atoms with Crippen molar-refractivity contribution in [3.63, 3.8) is 0 Å². The van der Waals surface area contributed by atoms with Crippen LogP contribution < -0.4 is 5.56 Å². The zero-order valence-corrected chi connectivity index (χ0v) is 11.8. The Bertz CT molecular complexity index is 782. The van der Waals surface area contributed by atoms with Gasteiger partial charge in [-0.1, -0.05) is 35.5 Å². The topological polar surface area (TPSA) is 85.7 Å². The number of nitrogens with one attached hydrogen (secondary N) is 1. The van der Waals surface area contributed by atoms with Gasteiger partial charge in [-0.3, -0.25) is 4.79 Å². The highest BCUT2D eigenvalue weighted by atomic mass is 16.5. The van der Waals surface area contributed by atoms with Crippen LogP contribution in [-0.4, -0.2) is 25.0 Å². The molecular formula is C15H15N5O2. The normalized spacial score (nSPS) is 10.7. The minimum Gasteiger partial charge on any atom is -0.370 e. The van der Waals surface area contributed by atoms with Crippen LogP contribution in [0.5, 0.6) is 0 Å². The van der Waals surface area contributed by atoms with Gasteiger partial charge in [0.25, 0.3) is 5.56 Å². The van der Waals surface area contributed by atoms with E-state index in [0.717, 1.165) is 11.3 Å². The summed E-state index contributed by atoms with van der Waals surface area (Å²) in [7, 11) is 0. The summed E-state index contributed by atoms with van der Waals surface area (Å²) in [4.78, 5) is 17.7. The van der Waals surface area contributed by atoms with Crippen molar-refractivity contribution in [2.45, 2.75) is 19.8 Å². The van der Waals surface area contributed by atoms with Crippen LogP contribution in [0.2, 0.25) is 0 Å². The number of nitrogens with zero attached hydrogens (tertiary/aromatic N) is 4. The fourth-order valence-electron chi connectivity index (χ4n) is 1.99. The maximum absolute atomic E-state index is 11.2. The van der Waals surface area contributed by atoms with E-state index in [1.165, 1.54) is 12.4 Å². The molecular weight excluding hydrogens is 282 g/mol. The first-order valence-electron chi connectivity index (χ1n) is 6.84. The average molecular weight is 297 g/mol. The molecule has 7 heteroatoms. The van der Waals surface area contributed by atoms with E-state index in [1.54, 1.807) is 10.9 Å². The Kier molecular flexibility index (Phi) is 4.35. The van der Waals surface area contributed by atoms with Crippen molar-refractivity contribution in [2.24, 2.45) is 0 Å². The zero-order chi connectivity index (χ0) is 15.2. The number of rotatable bonds is 6. The van der Waals surface area contributed by atoms with Gasteiger partial charge in [0.15, 0.2) is 0 Å². The quantitative estimate of drug-likeness (QED) is 0.737. The summed E-state index contributed by atoms with van der Waals surface area (Å²) in [6.07, 6.45) is 3.16. The lowest BCUT2D eigenvalue weighted by Gasteiger charge is -2.01. The van der Waals surface area contributed by atoms with Gasteiger partial charge in [-0.2, -0.15) is 0 Å². The molecule has 0 spiro atoms. The second kappa shape index (κ2) is 6.77. The molecule has 0 aliphatic heterocycles. The second-order valence-corrected chi connectivity index (χ2v) is 4.79. The first-order chi connectivity index (χ1) is 10.8. The highest BCUT2D eigenvalue weighted by Gasteiger charge is 2.03. The van der Waals surface area contributed by atoms with Crippen LogP contribution in [0.1, 0.15) is 17.0 Å². The lowest BCUT2D eigenvalue weighted by Crippen LogP contribution is -2.10. The molecule has 2 heterocycles. The first kappa shape index (κ1) is 14.2. The molecule has 22 heavy (non-hydrogen) atoms. The number of aromatic amines is 1. The first-order valence-corrected chi connectivity index (χ1v) is 6.84. The molecule has 0 aliphatic rings. The highest BCUT2D eigenvalue weighted by molar-refractivity contribution is 5.13. The van der Waals surface area contributed by atoms with Gasteiger partial charge in [-0.05, 0) is 5.56 Å². The molecule has 0 radical (unpaired) electrons. The Morgan fingerprint density at radius 2 is 2.00 bits per heavy atom. The van der Waals surface area contributed by atoms with E-state index < -0.39 is 0 Å². The Hall–Kier alpha value is -2.80. The van der Waals surface area contributed by atoms with Crippen LogP contribution in [-0.2, 0) is 24.5 Å². The van der Waals surface area contributed by atoms with Crippen LogP contribution in [0, 0.1) is 0 Å². The van der Waals surface area contributed by atoms with E-state index in [2.05, 4.69) is 20.3 Å². The number of hydrogen-bond donors (Lipinski definition) is 1. The molecule has 1 N–H and O–H groups in total. The molecule has 0 amide bonds. The third kappa shape index (κ3) is 3.86. The average Bonchev–Trinajstić information content (AvgIpc) is 2.96. The van der Waals surface area contributed by atoms with Gasteiger partial charge in [-0.25, -0.2) is 9.67 Å². The van der Waals surface area contributed by atoms with E-state index in [4.69, 9.17) is 4.74 Å². The van der Waals surface area contributed by atoms with Crippen molar-refractivity contribution in [2.75, 3.05) is 0 Å². The van der Waals surface area contributed by atoms with Crippen molar-refractivity contribution >= 4 is 0 Å². The minimum absolute atomic E-state index is 0.184.